The van der Waals surface area contributed by atoms with Gasteiger partial charge in [-0.1, -0.05) is 48.5 Å². The number of para-hydroxylation sites is 1. The molecular formula is C25H34N6O4. The van der Waals surface area contributed by atoms with Crippen molar-refractivity contribution >= 4 is 29.4 Å². The van der Waals surface area contributed by atoms with Crippen molar-refractivity contribution < 1.29 is 19.5 Å². The molecular weight excluding hydrogens is 448 g/mol. The predicted molar refractivity (Wildman–Crippen MR) is 136 cm³/mol. The molecule has 2 aromatic carbocycles. The Kier molecular flexibility index (Phi) is 11.8. The number of carboxylic acids is 1. The van der Waals surface area contributed by atoms with E-state index in [4.69, 9.17) is 16.6 Å². The molecule has 0 bridgehead atoms. The van der Waals surface area contributed by atoms with Crippen LogP contribution in [0.15, 0.2) is 65.7 Å². The number of amides is 2. The molecule has 2 atom stereocenters. The van der Waals surface area contributed by atoms with E-state index in [-0.39, 0.29) is 30.7 Å². The number of benzene rings is 2. The summed E-state index contributed by atoms with van der Waals surface area (Å²) < 4.78 is 0. The number of aliphatic carboxylic acids is 1. The number of guanidine groups is 1. The van der Waals surface area contributed by atoms with Crippen LogP contribution < -0.4 is 27.4 Å². The summed E-state index contributed by atoms with van der Waals surface area (Å²) in [5, 5.41) is 17.6. The largest absolute Gasteiger partial charge is 0.481 e. The van der Waals surface area contributed by atoms with Crippen LogP contribution in [0.4, 0.5) is 5.69 Å². The summed E-state index contributed by atoms with van der Waals surface area (Å²) >= 11 is 0. The minimum atomic E-state index is -0.959. The maximum absolute atomic E-state index is 13.2. The van der Waals surface area contributed by atoms with Gasteiger partial charge in [0.2, 0.25) is 11.8 Å². The first kappa shape index (κ1) is 27.3. The monoisotopic (exact) mass is 482 g/mol. The van der Waals surface area contributed by atoms with Crippen molar-refractivity contribution in [3.8, 4) is 0 Å². The SMILES string of the molecule is NC(N)=NCCC[C@@H](NC(=O)[C@@H](CCc1ccccc1)NCCC(=O)O)C(=O)Nc1ccccc1. The molecule has 0 saturated carbocycles. The summed E-state index contributed by atoms with van der Waals surface area (Å²) in [6, 6.07) is 17.1. The van der Waals surface area contributed by atoms with Crippen LogP contribution in [0.25, 0.3) is 0 Å². The van der Waals surface area contributed by atoms with Crippen LogP contribution in [0.2, 0.25) is 0 Å². The minimum absolute atomic E-state index is 0.0390. The molecule has 0 heterocycles. The lowest BCUT2D eigenvalue weighted by atomic mass is 10.0. The first-order chi connectivity index (χ1) is 16.8. The van der Waals surface area contributed by atoms with Crippen molar-refractivity contribution in [3.63, 3.8) is 0 Å². The van der Waals surface area contributed by atoms with Gasteiger partial charge in [0, 0.05) is 18.8 Å². The fraction of sp³-hybridized carbons (Fsp3) is 0.360. The van der Waals surface area contributed by atoms with E-state index in [0.29, 0.717) is 37.9 Å². The highest BCUT2D eigenvalue weighted by atomic mass is 16.4. The van der Waals surface area contributed by atoms with Crippen LogP contribution >= 0.6 is 0 Å². The minimum Gasteiger partial charge on any atom is -0.481 e. The molecule has 0 aliphatic heterocycles. The molecule has 0 aliphatic carbocycles. The average Bonchev–Trinajstić information content (AvgIpc) is 2.83. The third kappa shape index (κ3) is 11.2. The highest BCUT2D eigenvalue weighted by Gasteiger charge is 2.25. The van der Waals surface area contributed by atoms with Gasteiger partial charge in [-0.15, -0.1) is 0 Å². The van der Waals surface area contributed by atoms with E-state index >= 15 is 0 Å². The van der Waals surface area contributed by atoms with Crippen LogP contribution in [0, 0.1) is 0 Å². The number of nitrogens with one attached hydrogen (secondary N) is 3. The lowest BCUT2D eigenvalue weighted by Crippen LogP contribution is -2.52. The molecule has 0 aromatic heterocycles. The van der Waals surface area contributed by atoms with Crippen LogP contribution in [0.1, 0.15) is 31.2 Å². The molecule has 2 aromatic rings. The van der Waals surface area contributed by atoms with Gasteiger partial charge < -0.3 is 32.5 Å². The number of nitrogens with two attached hydrogens (primary N) is 2. The molecule has 188 valence electrons. The Morgan fingerprint density at radius 1 is 0.886 bits per heavy atom. The second-order valence-corrected chi connectivity index (χ2v) is 8.04. The molecule has 35 heavy (non-hydrogen) atoms. The number of aliphatic imine (C=N–C) groups is 1. The number of carbonyl (C=O) groups excluding carboxylic acids is 2. The highest BCUT2D eigenvalue weighted by molar-refractivity contribution is 5.97. The molecule has 2 amide bonds. The molecule has 8 N–H and O–H groups in total. The molecule has 0 aliphatic rings. The van der Waals surface area contributed by atoms with Crippen molar-refractivity contribution in [3.05, 3.63) is 66.2 Å². The predicted octanol–water partition coefficient (Wildman–Crippen LogP) is 1.23. The summed E-state index contributed by atoms with van der Waals surface area (Å²) in [5.74, 6) is -1.73. The van der Waals surface area contributed by atoms with E-state index in [2.05, 4.69) is 20.9 Å². The summed E-state index contributed by atoms with van der Waals surface area (Å²) in [6.07, 6.45) is 1.74. The zero-order chi connectivity index (χ0) is 25.5. The number of carbonyl (C=O) groups is 3. The standard InChI is InChI=1S/C25H34N6O4/c26-25(27)29-16-7-12-21(24(35)30-19-10-5-2-6-11-19)31-23(34)20(28-17-15-22(32)33)14-13-18-8-3-1-4-9-18/h1-6,8-11,20-21,28H,7,12-17H2,(H,30,35)(H,31,34)(H,32,33)(H4,26,27,29)/t20-,21-/m1/s1. The van der Waals surface area contributed by atoms with Crippen molar-refractivity contribution in [2.45, 2.75) is 44.2 Å². The first-order valence-electron chi connectivity index (χ1n) is 11.6. The normalized spacial score (nSPS) is 12.2. The van der Waals surface area contributed by atoms with E-state index in [1.165, 1.54) is 0 Å². The maximum atomic E-state index is 13.2. The molecule has 0 unspecified atom stereocenters. The zero-order valence-electron chi connectivity index (χ0n) is 19.7. The number of anilines is 1. The number of hydrogen-bond donors (Lipinski definition) is 6. The van der Waals surface area contributed by atoms with E-state index in [0.717, 1.165) is 5.56 Å². The number of hydrogen-bond acceptors (Lipinski definition) is 5. The van der Waals surface area contributed by atoms with Crippen LogP contribution in [0.3, 0.4) is 0 Å². The molecule has 0 spiro atoms. The van der Waals surface area contributed by atoms with Gasteiger partial charge in [0.25, 0.3) is 0 Å². The number of nitrogens with zero attached hydrogens (tertiary/aromatic N) is 1. The van der Waals surface area contributed by atoms with Crippen molar-refractivity contribution in [1.29, 1.82) is 0 Å². The Balaban J connectivity index is 2.08. The molecule has 0 radical (unpaired) electrons. The smallest absolute Gasteiger partial charge is 0.304 e. The summed E-state index contributed by atoms with van der Waals surface area (Å²) in [5.41, 5.74) is 12.4. The fourth-order valence-electron chi connectivity index (χ4n) is 3.43. The van der Waals surface area contributed by atoms with E-state index in [1.54, 1.807) is 24.3 Å². The summed E-state index contributed by atoms with van der Waals surface area (Å²) in [7, 11) is 0. The van der Waals surface area contributed by atoms with Gasteiger partial charge in [0.15, 0.2) is 5.96 Å². The van der Waals surface area contributed by atoms with E-state index in [9.17, 15) is 14.4 Å². The Labute approximate surface area is 205 Å². The second-order valence-electron chi connectivity index (χ2n) is 8.04. The summed E-state index contributed by atoms with van der Waals surface area (Å²) in [4.78, 5) is 41.0. The lowest BCUT2D eigenvalue weighted by Gasteiger charge is -2.23. The lowest BCUT2D eigenvalue weighted by molar-refractivity contribution is -0.137. The molecule has 10 nitrogen and oxygen atoms in total. The zero-order valence-corrected chi connectivity index (χ0v) is 19.7. The van der Waals surface area contributed by atoms with Crippen molar-refractivity contribution in [2.75, 3.05) is 18.4 Å². The Hall–Kier alpha value is -3.92. The molecule has 0 saturated heterocycles. The summed E-state index contributed by atoms with van der Waals surface area (Å²) in [6.45, 7) is 0.454. The number of carboxylic acid groups (broad SMARTS) is 1. The third-order valence-corrected chi connectivity index (χ3v) is 5.23. The maximum Gasteiger partial charge on any atom is 0.304 e. The number of aryl methyl sites for hydroxylation is 1. The average molecular weight is 483 g/mol. The van der Waals surface area contributed by atoms with Crippen molar-refractivity contribution in [1.82, 2.24) is 10.6 Å². The van der Waals surface area contributed by atoms with Crippen LogP contribution in [-0.4, -0.2) is 54.0 Å². The Morgan fingerprint density at radius 2 is 1.54 bits per heavy atom. The topological polar surface area (TPSA) is 172 Å². The Morgan fingerprint density at radius 3 is 2.17 bits per heavy atom. The van der Waals surface area contributed by atoms with Gasteiger partial charge in [-0.25, -0.2) is 0 Å². The third-order valence-electron chi connectivity index (χ3n) is 5.23. The first-order valence-corrected chi connectivity index (χ1v) is 11.6. The quantitative estimate of drug-likeness (QED) is 0.126. The van der Waals surface area contributed by atoms with E-state index in [1.807, 2.05) is 36.4 Å². The van der Waals surface area contributed by atoms with Crippen molar-refractivity contribution in [2.24, 2.45) is 16.5 Å². The molecule has 0 fully saturated rings. The van der Waals surface area contributed by atoms with Crippen LogP contribution in [-0.2, 0) is 20.8 Å². The number of rotatable bonds is 15. The van der Waals surface area contributed by atoms with Gasteiger partial charge in [0.05, 0.1) is 12.5 Å². The van der Waals surface area contributed by atoms with Gasteiger partial charge >= 0.3 is 5.97 Å². The van der Waals surface area contributed by atoms with Gasteiger partial charge in [-0.05, 0) is 43.4 Å². The van der Waals surface area contributed by atoms with Gasteiger partial charge in [-0.2, -0.15) is 0 Å². The second kappa shape index (κ2) is 15.1. The molecule has 2 rings (SSSR count). The van der Waals surface area contributed by atoms with Gasteiger partial charge in [-0.3, -0.25) is 19.4 Å². The van der Waals surface area contributed by atoms with Crippen LogP contribution in [0.5, 0.6) is 0 Å². The highest BCUT2D eigenvalue weighted by Crippen LogP contribution is 2.10. The Bertz CT molecular complexity index is 964. The molecule has 10 heteroatoms. The van der Waals surface area contributed by atoms with Gasteiger partial charge in [0.1, 0.15) is 6.04 Å². The fourth-order valence-corrected chi connectivity index (χ4v) is 3.43. The van der Waals surface area contributed by atoms with E-state index < -0.39 is 18.1 Å².